The molecule has 2 aromatic carbocycles. The third kappa shape index (κ3) is 4.01. The zero-order valence-electron chi connectivity index (χ0n) is 17.8. The normalized spacial score (nSPS) is 11.2. The van der Waals surface area contributed by atoms with Crippen molar-refractivity contribution in [3.8, 4) is 17.0 Å². The minimum atomic E-state index is -0.0541. The van der Waals surface area contributed by atoms with Gasteiger partial charge in [0.05, 0.1) is 18.8 Å². The zero-order chi connectivity index (χ0) is 21.1. The predicted molar refractivity (Wildman–Crippen MR) is 120 cm³/mol. The number of rotatable bonds is 7. The van der Waals surface area contributed by atoms with Crippen LogP contribution in [0, 0.1) is 13.8 Å². The van der Waals surface area contributed by atoms with E-state index in [0.29, 0.717) is 18.7 Å². The summed E-state index contributed by atoms with van der Waals surface area (Å²) in [5.74, 6) is 0.796. The third-order valence-electron chi connectivity index (χ3n) is 5.37. The van der Waals surface area contributed by atoms with E-state index in [1.807, 2.05) is 36.5 Å². The van der Waals surface area contributed by atoms with Crippen LogP contribution in [0.3, 0.4) is 0 Å². The minimum Gasteiger partial charge on any atom is -0.493 e. The van der Waals surface area contributed by atoms with E-state index in [1.54, 1.807) is 15.3 Å². The van der Waals surface area contributed by atoms with Crippen molar-refractivity contribution in [3.63, 3.8) is 0 Å². The maximum atomic E-state index is 13.1. The minimum absolute atomic E-state index is 0.0541. The molecule has 4 aromatic rings. The van der Waals surface area contributed by atoms with Gasteiger partial charge in [0.25, 0.3) is 5.56 Å². The molecule has 0 unspecified atom stereocenters. The van der Waals surface area contributed by atoms with Gasteiger partial charge in [0.2, 0.25) is 0 Å². The third-order valence-corrected chi connectivity index (χ3v) is 5.37. The number of hydrogen-bond donors (Lipinski definition) is 0. The van der Waals surface area contributed by atoms with E-state index >= 15 is 0 Å². The molecule has 2 heterocycles. The Kier molecular flexibility index (Phi) is 5.70. The summed E-state index contributed by atoms with van der Waals surface area (Å²) in [5.41, 5.74) is 5.66. The number of fused-ring (bicyclic) bond motifs is 1. The molecule has 5 heteroatoms. The van der Waals surface area contributed by atoms with Crippen molar-refractivity contribution in [2.45, 2.75) is 40.2 Å². The largest absolute Gasteiger partial charge is 0.493 e. The van der Waals surface area contributed by atoms with Gasteiger partial charge in [0, 0.05) is 18.0 Å². The summed E-state index contributed by atoms with van der Waals surface area (Å²) in [6.45, 7) is 7.49. The van der Waals surface area contributed by atoms with E-state index in [9.17, 15) is 4.79 Å². The number of aryl methyl sites for hydroxylation is 2. The topological polar surface area (TPSA) is 48.5 Å². The lowest BCUT2D eigenvalue weighted by Crippen LogP contribution is -2.22. The molecule has 4 rings (SSSR count). The van der Waals surface area contributed by atoms with Gasteiger partial charge in [0.15, 0.2) is 0 Å². The molecule has 0 spiro atoms. The van der Waals surface area contributed by atoms with Crippen LogP contribution in [0.2, 0.25) is 0 Å². The van der Waals surface area contributed by atoms with Crippen molar-refractivity contribution >= 4 is 5.52 Å². The van der Waals surface area contributed by atoms with Crippen LogP contribution in [0.5, 0.6) is 5.75 Å². The van der Waals surface area contributed by atoms with E-state index < -0.39 is 0 Å². The van der Waals surface area contributed by atoms with Gasteiger partial charge < -0.3 is 9.30 Å². The summed E-state index contributed by atoms with van der Waals surface area (Å²) in [6, 6.07) is 16.0. The molecule has 0 atom stereocenters. The van der Waals surface area contributed by atoms with Crippen LogP contribution >= 0.6 is 0 Å². The molecular weight excluding hydrogens is 374 g/mol. The highest BCUT2D eigenvalue weighted by molar-refractivity contribution is 5.71. The Morgan fingerprint density at radius 1 is 1.03 bits per heavy atom. The van der Waals surface area contributed by atoms with Gasteiger partial charge in [-0.15, -0.1) is 0 Å². The van der Waals surface area contributed by atoms with Gasteiger partial charge in [-0.25, -0.2) is 4.52 Å². The summed E-state index contributed by atoms with van der Waals surface area (Å²) in [6.07, 6.45) is 5.72. The average molecular weight is 402 g/mol. The predicted octanol–water partition coefficient (Wildman–Crippen LogP) is 5.01. The van der Waals surface area contributed by atoms with Crippen LogP contribution in [0.4, 0.5) is 0 Å². The van der Waals surface area contributed by atoms with Crippen molar-refractivity contribution in [1.29, 1.82) is 0 Å². The second-order valence-electron chi connectivity index (χ2n) is 7.72. The molecule has 0 aliphatic carbocycles. The van der Waals surface area contributed by atoms with E-state index in [0.717, 1.165) is 35.4 Å². The first-order valence-corrected chi connectivity index (χ1v) is 10.4. The molecule has 0 aliphatic heterocycles. The summed E-state index contributed by atoms with van der Waals surface area (Å²) < 4.78 is 9.35. The van der Waals surface area contributed by atoms with Crippen molar-refractivity contribution < 1.29 is 4.74 Å². The van der Waals surface area contributed by atoms with E-state index in [-0.39, 0.29) is 5.56 Å². The summed E-state index contributed by atoms with van der Waals surface area (Å²) >= 11 is 0. The quantitative estimate of drug-likeness (QED) is 0.409. The number of para-hydroxylation sites is 1. The highest BCUT2D eigenvalue weighted by Crippen LogP contribution is 2.29. The van der Waals surface area contributed by atoms with Gasteiger partial charge >= 0.3 is 0 Å². The van der Waals surface area contributed by atoms with Gasteiger partial charge in [-0.3, -0.25) is 4.79 Å². The van der Waals surface area contributed by atoms with Gasteiger partial charge in [-0.1, -0.05) is 49.2 Å². The number of benzene rings is 2. The lowest BCUT2D eigenvalue weighted by atomic mass is 10.1. The molecule has 2 aromatic heterocycles. The van der Waals surface area contributed by atoms with E-state index in [2.05, 4.69) is 44.1 Å². The smallest absolute Gasteiger partial charge is 0.276 e. The van der Waals surface area contributed by atoms with Crippen molar-refractivity contribution in [2.75, 3.05) is 6.61 Å². The molecule has 0 saturated carbocycles. The highest BCUT2D eigenvalue weighted by Gasteiger charge is 2.13. The van der Waals surface area contributed by atoms with Crippen molar-refractivity contribution in [3.05, 3.63) is 88.0 Å². The molecule has 0 saturated heterocycles. The fraction of sp³-hybridized carbons (Fsp3) is 0.280. The second-order valence-corrected chi connectivity index (χ2v) is 7.72. The fourth-order valence-electron chi connectivity index (χ4n) is 3.57. The first-order valence-electron chi connectivity index (χ1n) is 10.4. The first-order chi connectivity index (χ1) is 14.6. The Morgan fingerprint density at radius 3 is 2.70 bits per heavy atom. The van der Waals surface area contributed by atoms with E-state index in [1.165, 1.54) is 11.1 Å². The Hall–Kier alpha value is -3.34. The van der Waals surface area contributed by atoms with Crippen molar-refractivity contribution in [1.82, 2.24) is 14.2 Å². The zero-order valence-corrected chi connectivity index (χ0v) is 17.8. The van der Waals surface area contributed by atoms with Crippen LogP contribution in [0.25, 0.3) is 16.8 Å². The number of aromatic nitrogens is 3. The number of hydrogen-bond acceptors (Lipinski definition) is 3. The Labute approximate surface area is 176 Å². The molecule has 0 N–H and O–H groups in total. The monoisotopic (exact) mass is 401 g/mol. The molecule has 30 heavy (non-hydrogen) atoms. The lowest BCUT2D eigenvalue weighted by molar-refractivity contribution is 0.310. The first kappa shape index (κ1) is 20.0. The summed E-state index contributed by atoms with van der Waals surface area (Å²) in [4.78, 5) is 13.1. The molecule has 0 fully saturated rings. The van der Waals surface area contributed by atoms with Crippen LogP contribution in [0.15, 0.2) is 65.7 Å². The Morgan fingerprint density at radius 2 is 1.87 bits per heavy atom. The summed E-state index contributed by atoms with van der Waals surface area (Å²) in [7, 11) is 0. The fourth-order valence-corrected chi connectivity index (χ4v) is 3.57. The number of unbranched alkanes of at least 4 members (excludes halogenated alkanes) is 1. The van der Waals surface area contributed by atoms with Crippen LogP contribution in [-0.4, -0.2) is 20.8 Å². The van der Waals surface area contributed by atoms with Gasteiger partial charge in [-0.2, -0.15) is 5.10 Å². The Balaban J connectivity index is 1.70. The molecule has 154 valence electrons. The highest BCUT2D eigenvalue weighted by atomic mass is 16.5. The number of ether oxygens (including phenoxy) is 1. The molecular formula is C25H27N3O2. The van der Waals surface area contributed by atoms with Crippen molar-refractivity contribution in [2.24, 2.45) is 0 Å². The SMILES string of the molecule is CCCCOc1ccccc1-c1cc2c(=O)n(Cc3cc(C)ccc3C)ccn2n1. The van der Waals surface area contributed by atoms with Crippen LogP contribution in [0.1, 0.15) is 36.5 Å². The standard InChI is InChI=1S/C25H27N3O2/c1-4-5-14-30-24-9-7-6-8-21(24)22-16-23-25(29)27(12-13-28(23)26-22)17-20-15-18(2)10-11-19(20)3/h6-13,15-16H,4-5,14,17H2,1-3H3. The summed E-state index contributed by atoms with van der Waals surface area (Å²) in [5, 5.41) is 4.64. The number of nitrogens with zero attached hydrogens (tertiary/aromatic N) is 3. The van der Waals surface area contributed by atoms with Gasteiger partial charge in [0.1, 0.15) is 11.3 Å². The molecule has 5 nitrogen and oxygen atoms in total. The Bertz CT molecular complexity index is 1240. The molecule has 0 amide bonds. The van der Waals surface area contributed by atoms with E-state index in [4.69, 9.17) is 4.74 Å². The maximum absolute atomic E-state index is 13.1. The molecule has 0 aliphatic rings. The maximum Gasteiger partial charge on any atom is 0.276 e. The lowest BCUT2D eigenvalue weighted by Gasteiger charge is -2.10. The van der Waals surface area contributed by atoms with Crippen LogP contribution < -0.4 is 10.3 Å². The average Bonchev–Trinajstić information content (AvgIpc) is 3.18. The molecule has 0 bridgehead atoms. The van der Waals surface area contributed by atoms with Gasteiger partial charge in [-0.05, 0) is 49.6 Å². The second kappa shape index (κ2) is 8.57. The molecule has 0 radical (unpaired) electrons. The van der Waals surface area contributed by atoms with Crippen LogP contribution in [-0.2, 0) is 6.54 Å².